The minimum Gasteiger partial charge on any atom is -0.353 e. The number of aromatic nitrogens is 3. The highest BCUT2D eigenvalue weighted by Crippen LogP contribution is 2.19. The van der Waals surface area contributed by atoms with Gasteiger partial charge in [-0.2, -0.15) is 11.8 Å². The number of rotatable bonds is 6. The van der Waals surface area contributed by atoms with E-state index in [2.05, 4.69) is 29.5 Å². The van der Waals surface area contributed by atoms with Crippen LogP contribution in [-0.2, 0) is 17.9 Å². The zero-order chi connectivity index (χ0) is 12.9. The Labute approximate surface area is 105 Å². The minimum atomic E-state index is -0.0689. The van der Waals surface area contributed by atoms with Gasteiger partial charge in [0.05, 0.1) is 11.9 Å². The summed E-state index contributed by atoms with van der Waals surface area (Å²) in [6.45, 7) is 5.31. The van der Waals surface area contributed by atoms with Crippen molar-refractivity contribution in [1.82, 2.24) is 20.3 Å². The number of nitrogens with two attached hydrogens (primary N) is 1. The van der Waals surface area contributed by atoms with Crippen molar-refractivity contribution in [1.29, 1.82) is 0 Å². The molecule has 0 spiro atoms. The van der Waals surface area contributed by atoms with E-state index in [0.29, 0.717) is 18.8 Å². The van der Waals surface area contributed by atoms with Crippen LogP contribution in [0.4, 0.5) is 0 Å². The SMILES string of the molecule is CSC(C)(C)CNC(=O)Cn1cc(CN)nn1. The van der Waals surface area contributed by atoms with Crippen LogP contribution in [0.2, 0.25) is 0 Å². The van der Waals surface area contributed by atoms with E-state index in [1.165, 1.54) is 4.68 Å². The summed E-state index contributed by atoms with van der Waals surface area (Å²) in [7, 11) is 0. The fraction of sp³-hybridized carbons (Fsp3) is 0.700. The quantitative estimate of drug-likeness (QED) is 0.749. The fourth-order valence-corrected chi connectivity index (χ4v) is 1.31. The van der Waals surface area contributed by atoms with Crippen molar-refractivity contribution in [3.05, 3.63) is 11.9 Å². The summed E-state index contributed by atoms with van der Waals surface area (Å²) in [4.78, 5) is 11.6. The van der Waals surface area contributed by atoms with Crippen molar-refractivity contribution >= 4 is 17.7 Å². The summed E-state index contributed by atoms with van der Waals surface area (Å²) in [5.74, 6) is -0.0689. The minimum absolute atomic E-state index is 0.0421. The topological polar surface area (TPSA) is 85.8 Å². The Bertz CT molecular complexity index is 377. The van der Waals surface area contributed by atoms with E-state index < -0.39 is 0 Å². The maximum absolute atomic E-state index is 11.6. The van der Waals surface area contributed by atoms with Crippen LogP contribution in [-0.4, -0.2) is 38.4 Å². The van der Waals surface area contributed by atoms with E-state index in [1.54, 1.807) is 18.0 Å². The summed E-state index contributed by atoms with van der Waals surface area (Å²) >= 11 is 1.72. The zero-order valence-corrected chi connectivity index (χ0v) is 11.3. The predicted octanol–water partition coefficient (Wildman–Crippen LogP) is -0.00540. The number of hydrogen-bond acceptors (Lipinski definition) is 5. The second-order valence-corrected chi connectivity index (χ2v) is 5.87. The predicted molar refractivity (Wildman–Crippen MR) is 68.5 cm³/mol. The lowest BCUT2D eigenvalue weighted by Gasteiger charge is -2.22. The number of carbonyl (C=O) groups excluding carboxylic acids is 1. The first kappa shape index (κ1) is 14.0. The van der Waals surface area contributed by atoms with Crippen LogP contribution in [0.5, 0.6) is 0 Å². The van der Waals surface area contributed by atoms with Gasteiger partial charge in [-0.25, -0.2) is 4.68 Å². The van der Waals surface area contributed by atoms with Crippen molar-refractivity contribution in [2.45, 2.75) is 31.7 Å². The smallest absolute Gasteiger partial charge is 0.241 e. The van der Waals surface area contributed by atoms with Gasteiger partial charge in [0.2, 0.25) is 5.91 Å². The average Bonchev–Trinajstić information content (AvgIpc) is 2.74. The molecule has 0 radical (unpaired) electrons. The molecule has 0 saturated carbocycles. The zero-order valence-electron chi connectivity index (χ0n) is 10.4. The Kier molecular flexibility index (Phi) is 4.95. The molecule has 0 atom stereocenters. The summed E-state index contributed by atoms with van der Waals surface area (Å²) in [5, 5.41) is 10.5. The molecular formula is C10H19N5OS. The van der Waals surface area contributed by atoms with E-state index >= 15 is 0 Å². The van der Waals surface area contributed by atoms with Crippen LogP contribution in [0.25, 0.3) is 0 Å². The molecule has 1 heterocycles. The van der Waals surface area contributed by atoms with E-state index in [0.717, 1.165) is 0 Å². The molecule has 6 nitrogen and oxygen atoms in total. The molecule has 7 heteroatoms. The Hall–Kier alpha value is -1.08. The number of nitrogens with one attached hydrogen (secondary N) is 1. The third-order valence-corrected chi connectivity index (χ3v) is 3.61. The molecular weight excluding hydrogens is 238 g/mol. The Morgan fingerprint density at radius 1 is 1.65 bits per heavy atom. The van der Waals surface area contributed by atoms with Crippen molar-refractivity contribution in [3.63, 3.8) is 0 Å². The summed E-state index contributed by atoms with van der Waals surface area (Å²) in [6.07, 6.45) is 3.70. The molecule has 0 aromatic carbocycles. The van der Waals surface area contributed by atoms with Crippen LogP contribution >= 0.6 is 11.8 Å². The lowest BCUT2D eigenvalue weighted by Crippen LogP contribution is -2.37. The van der Waals surface area contributed by atoms with Crippen molar-refractivity contribution < 1.29 is 4.79 Å². The Balaban J connectivity index is 2.39. The van der Waals surface area contributed by atoms with E-state index in [4.69, 9.17) is 5.73 Å². The van der Waals surface area contributed by atoms with E-state index in [-0.39, 0.29) is 17.2 Å². The van der Waals surface area contributed by atoms with Crippen LogP contribution < -0.4 is 11.1 Å². The second kappa shape index (κ2) is 6.02. The number of hydrogen-bond donors (Lipinski definition) is 2. The molecule has 1 amide bonds. The standard InChI is InChI=1S/C10H19N5OS/c1-10(2,17-3)7-12-9(16)6-15-5-8(4-11)13-14-15/h5H,4,6-7,11H2,1-3H3,(H,12,16). The molecule has 3 N–H and O–H groups in total. The van der Waals surface area contributed by atoms with Gasteiger partial charge in [-0.15, -0.1) is 5.10 Å². The Morgan fingerprint density at radius 3 is 2.88 bits per heavy atom. The number of thioether (sulfide) groups is 1. The maximum Gasteiger partial charge on any atom is 0.241 e. The molecule has 0 aliphatic carbocycles. The summed E-state index contributed by atoms with van der Waals surface area (Å²) in [5.41, 5.74) is 6.09. The lowest BCUT2D eigenvalue weighted by molar-refractivity contribution is -0.121. The molecule has 1 aromatic heterocycles. The molecule has 0 unspecified atom stereocenters. The second-order valence-electron chi connectivity index (χ2n) is 4.35. The number of amides is 1. The monoisotopic (exact) mass is 257 g/mol. The van der Waals surface area contributed by atoms with Crippen LogP contribution in [0.3, 0.4) is 0 Å². The van der Waals surface area contributed by atoms with Gasteiger partial charge >= 0.3 is 0 Å². The first-order chi connectivity index (χ1) is 7.96. The molecule has 0 saturated heterocycles. The van der Waals surface area contributed by atoms with Gasteiger partial charge < -0.3 is 11.1 Å². The normalized spacial score (nSPS) is 11.5. The van der Waals surface area contributed by atoms with Crippen LogP contribution in [0.15, 0.2) is 6.20 Å². The van der Waals surface area contributed by atoms with E-state index in [1.807, 2.05) is 6.26 Å². The molecule has 1 rings (SSSR count). The molecule has 17 heavy (non-hydrogen) atoms. The maximum atomic E-state index is 11.6. The third-order valence-electron chi connectivity index (χ3n) is 2.36. The number of carbonyl (C=O) groups is 1. The highest BCUT2D eigenvalue weighted by molar-refractivity contribution is 7.99. The Morgan fingerprint density at radius 2 is 2.35 bits per heavy atom. The highest BCUT2D eigenvalue weighted by atomic mass is 32.2. The molecule has 1 aromatic rings. The largest absolute Gasteiger partial charge is 0.353 e. The van der Waals surface area contributed by atoms with Crippen molar-refractivity contribution in [2.75, 3.05) is 12.8 Å². The van der Waals surface area contributed by atoms with Gasteiger partial charge in [-0.05, 0) is 20.1 Å². The van der Waals surface area contributed by atoms with Gasteiger partial charge in [0.25, 0.3) is 0 Å². The first-order valence-corrected chi connectivity index (χ1v) is 6.60. The van der Waals surface area contributed by atoms with Gasteiger partial charge in [0, 0.05) is 17.8 Å². The third kappa shape index (κ3) is 4.74. The van der Waals surface area contributed by atoms with Crippen molar-refractivity contribution in [3.8, 4) is 0 Å². The highest BCUT2D eigenvalue weighted by Gasteiger charge is 2.17. The van der Waals surface area contributed by atoms with Gasteiger partial charge in [0.1, 0.15) is 6.54 Å². The molecule has 0 fully saturated rings. The summed E-state index contributed by atoms with van der Waals surface area (Å²) < 4.78 is 1.53. The first-order valence-electron chi connectivity index (χ1n) is 5.38. The van der Waals surface area contributed by atoms with Crippen LogP contribution in [0, 0.1) is 0 Å². The van der Waals surface area contributed by atoms with Gasteiger partial charge in [-0.3, -0.25) is 4.79 Å². The summed E-state index contributed by atoms with van der Waals surface area (Å²) in [6, 6.07) is 0. The molecule has 0 aliphatic heterocycles. The molecule has 96 valence electrons. The van der Waals surface area contributed by atoms with Crippen LogP contribution in [0.1, 0.15) is 19.5 Å². The molecule has 0 aliphatic rings. The van der Waals surface area contributed by atoms with Crippen molar-refractivity contribution in [2.24, 2.45) is 5.73 Å². The average molecular weight is 257 g/mol. The van der Waals surface area contributed by atoms with Gasteiger partial charge in [0.15, 0.2) is 0 Å². The van der Waals surface area contributed by atoms with E-state index in [9.17, 15) is 4.79 Å². The number of nitrogens with zero attached hydrogens (tertiary/aromatic N) is 3. The van der Waals surface area contributed by atoms with Gasteiger partial charge in [-0.1, -0.05) is 5.21 Å². The lowest BCUT2D eigenvalue weighted by atomic mass is 10.2. The molecule has 0 bridgehead atoms. The fourth-order valence-electron chi connectivity index (χ4n) is 1.10.